The van der Waals surface area contributed by atoms with Crippen molar-refractivity contribution in [3.8, 4) is 5.75 Å². The quantitative estimate of drug-likeness (QED) is 0.840. The molecule has 1 aromatic heterocycles. The predicted octanol–water partition coefficient (Wildman–Crippen LogP) is 2.05. The minimum atomic E-state index is -0.0784. The largest absolute Gasteiger partial charge is 0.495 e. The highest BCUT2D eigenvalue weighted by Gasteiger charge is 2.18. The van der Waals surface area contributed by atoms with E-state index in [-0.39, 0.29) is 6.10 Å². The normalized spacial score (nSPS) is 24.4. The summed E-state index contributed by atoms with van der Waals surface area (Å²) in [5.74, 6) is 2.32. The van der Waals surface area contributed by atoms with Crippen molar-refractivity contribution in [2.75, 3.05) is 19.0 Å². The topological polar surface area (TPSA) is 54.4 Å². The minimum absolute atomic E-state index is 0.0784. The number of methoxy groups -OCH3 is 1. The molecule has 1 aliphatic carbocycles. The van der Waals surface area contributed by atoms with Crippen molar-refractivity contribution >= 4 is 5.82 Å². The smallest absolute Gasteiger partial charge is 0.137 e. The van der Waals surface area contributed by atoms with Crippen molar-refractivity contribution in [2.24, 2.45) is 5.92 Å². The van der Waals surface area contributed by atoms with Gasteiger partial charge in [0.05, 0.1) is 19.4 Å². The van der Waals surface area contributed by atoms with Gasteiger partial charge in [-0.15, -0.1) is 0 Å². The highest BCUT2D eigenvalue weighted by molar-refractivity contribution is 5.37. The molecule has 0 atom stereocenters. The van der Waals surface area contributed by atoms with Crippen molar-refractivity contribution in [1.82, 2.24) is 4.98 Å². The lowest BCUT2D eigenvalue weighted by Crippen LogP contribution is -2.23. The van der Waals surface area contributed by atoms with E-state index in [2.05, 4.69) is 10.3 Å². The number of pyridine rings is 1. The maximum absolute atomic E-state index is 9.42. The van der Waals surface area contributed by atoms with Crippen LogP contribution in [0.2, 0.25) is 0 Å². The van der Waals surface area contributed by atoms with E-state index >= 15 is 0 Å². The van der Waals surface area contributed by atoms with Crippen molar-refractivity contribution < 1.29 is 9.84 Å². The first-order valence-corrected chi connectivity index (χ1v) is 6.20. The molecule has 4 heteroatoms. The monoisotopic (exact) mass is 236 g/mol. The third-order valence-electron chi connectivity index (χ3n) is 3.36. The second-order valence-corrected chi connectivity index (χ2v) is 4.64. The van der Waals surface area contributed by atoms with Crippen LogP contribution in [-0.4, -0.2) is 29.8 Å². The molecule has 1 heterocycles. The number of anilines is 1. The number of hydrogen-bond donors (Lipinski definition) is 2. The Morgan fingerprint density at radius 2 is 2.12 bits per heavy atom. The van der Waals surface area contributed by atoms with Crippen LogP contribution < -0.4 is 10.1 Å². The van der Waals surface area contributed by atoms with Gasteiger partial charge in [-0.3, -0.25) is 0 Å². The fraction of sp³-hybridized carbons (Fsp3) is 0.615. The molecular weight excluding hydrogens is 216 g/mol. The van der Waals surface area contributed by atoms with Crippen LogP contribution in [0.5, 0.6) is 5.75 Å². The summed E-state index contributed by atoms with van der Waals surface area (Å²) in [6, 6.07) is 3.83. The van der Waals surface area contributed by atoms with Crippen LogP contribution in [0.15, 0.2) is 18.3 Å². The van der Waals surface area contributed by atoms with Crippen LogP contribution in [-0.2, 0) is 0 Å². The zero-order valence-electron chi connectivity index (χ0n) is 10.2. The number of aliphatic hydroxyl groups is 1. The third kappa shape index (κ3) is 3.60. The number of ether oxygens (including phenoxy) is 1. The van der Waals surface area contributed by atoms with Gasteiger partial charge in [-0.1, -0.05) is 0 Å². The van der Waals surface area contributed by atoms with E-state index in [1.54, 1.807) is 13.3 Å². The third-order valence-corrected chi connectivity index (χ3v) is 3.36. The first-order valence-electron chi connectivity index (χ1n) is 6.20. The highest BCUT2D eigenvalue weighted by Crippen LogP contribution is 2.24. The number of aliphatic hydroxyl groups excluding tert-OH is 1. The first kappa shape index (κ1) is 12.2. The van der Waals surface area contributed by atoms with Crippen molar-refractivity contribution in [3.05, 3.63) is 18.3 Å². The molecule has 94 valence electrons. The minimum Gasteiger partial charge on any atom is -0.495 e. The van der Waals surface area contributed by atoms with Gasteiger partial charge in [0.2, 0.25) is 0 Å². The van der Waals surface area contributed by atoms with E-state index in [4.69, 9.17) is 4.74 Å². The molecule has 1 saturated carbocycles. The summed E-state index contributed by atoms with van der Waals surface area (Å²) in [6.07, 6.45) is 5.71. The maximum Gasteiger partial charge on any atom is 0.137 e. The average Bonchev–Trinajstić information content (AvgIpc) is 2.39. The molecule has 0 unspecified atom stereocenters. The Bertz CT molecular complexity index is 332. The van der Waals surface area contributed by atoms with Crippen LogP contribution in [0, 0.1) is 5.92 Å². The maximum atomic E-state index is 9.42. The fourth-order valence-corrected chi connectivity index (χ4v) is 2.20. The van der Waals surface area contributed by atoms with E-state index in [1.807, 2.05) is 12.1 Å². The molecule has 2 N–H and O–H groups in total. The summed E-state index contributed by atoms with van der Waals surface area (Å²) in [7, 11) is 1.64. The molecule has 0 amide bonds. The van der Waals surface area contributed by atoms with Crippen molar-refractivity contribution in [1.29, 1.82) is 0 Å². The molecule has 0 aliphatic heterocycles. The summed E-state index contributed by atoms with van der Waals surface area (Å²) in [5.41, 5.74) is 0. The second kappa shape index (κ2) is 5.87. The Morgan fingerprint density at radius 1 is 1.35 bits per heavy atom. The van der Waals surface area contributed by atoms with Crippen LogP contribution in [0.4, 0.5) is 5.82 Å². The lowest BCUT2D eigenvalue weighted by Gasteiger charge is -2.25. The fourth-order valence-electron chi connectivity index (χ4n) is 2.20. The molecule has 0 aromatic carbocycles. The highest BCUT2D eigenvalue weighted by atomic mass is 16.5. The molecule has 17 heavy (non-hydrogen) atoms. The molecular formula is C13H20N2O2. The van der Waals surface area contributed by atoms with Gasteiger partial charge in [-0.2, -0.15) is 0 Å². The van der Waals surface area contributed by atoms with Crippen molar-refractivity contribution in [3.63, 3.8) is 0 Å². The molecule has 0 radical (unpaired) electrons. The van der Waals surface area contributed by atoms with E-state index in [1.165, 1.54) is 0 Å². The lowest BCUT2D eigenvalue weighted by molar-refractivity contribution is 0.111. The first-order chi connectivity index (χ1) is 8.28. The van der Waals surface area contributed by atoms with E-state index in [9.17, 15) is 5.11 Å². The summed E-state index contributed by atoms with van der Waals surface area (Å²) < 4.78 is 5.06. The van der Waals surface area contributed by atoms with Gasteiger partial charge in [0.1, 0.15) is 11.6 Å². The van der Waals surface area contributed by atoms with E-state index in [0.29, 0.717) is 5.92 Å². The molecule has 1 aliphatic rings. The van der Waals surface area contributed by atoms with Gasteiger partial charge in [0.25, 0.3) is 0 Å². The number of hydrogen-bond acceptors (Lipinski definition) is 4. The van der Waals surface area contributed by atoms with Crippen LogP contribution >= 0.6 is 0 Å². The van der Waals surface area contributed by atoms with Gasteiger partial charge >= 0.3 is 0 Å². The number of aromatic nitrogens is 1. The van der Waals surface area contributed by atoms with Crippen molar-refractivity contribution in [2.45, 2.75) is 31.8 Å². The number of nitrogens with one attached hydrogen (secondary N) is 1. The van der Waals surface area contributed by atoms with Gasteiger partial charge in [-0.25, -0.2) is 4.98 Å². The zero-order valence-corrected chi connectivity index (χ0v) is 10.2. The summed E-state index contributed by atoms with van der Waals surface area (Å²) >= 11 is 0. The summed E-state index contributed by atoms with van der Waals surface area (Å²) in [6.45, 7) is 0.937. The predicted molar refractivity (Wildman–Crippen MR) is 67.2 cm³/mol. The molecule has 0 bridgehead atoms. The summed E-state index contributed by atoms with van der Waals surface area (Å²) in [4.78, 5) is 4.26. The molecule has 4 nitrogen and oxygen atoms in total. The van der Waals surface area contributed by atoms with Gasteiger partial charge < -0.3 is 15.2 Å². The number of nitrogens with zero attached hydrogens (tertiary/aromatic N) is 1. The lowest BCUT2D eigenvalue weighted by atomic mass is 9.87. The number of rotatable bonds is 4. The van der Waals surface area contributed by atoms with Gasteiger partial charge in [0, 0.05) is 6.54 Å². The Morgan fingerprint density at radius 3 is 2.71 bits per heavy atom. The SMILES string of the molecule is COc1ccc(NCC2CCC(O)CC2)nc1. The van der Waals surface area contributed by atoms with E-state index in [0.717, 1.165) is 43.8 Å². The molecule has 2 rings (SSSR count). The standard InChI is InChI=1S/C13H20N2O2/c1-17-12-6-7-13(15-9-12)14-8-10-2-4-11(16)5-3-10/h6-7,9-11,16H,2-5,8H2,1H3,(H,14,15). The van der Waals surface area contributed by atoms with Crippen LogP contribution in [0.25, 0.3) is 0 Å². The summed E-state index contributed by atoms with van der Waals surface area (Å²) in [5, 5.41) is 12.8. The Hall–Kier alpha value is -1.29. The van der Waals surface area contributed by atoms with E-state index < -0.39 is 0 Å². The molecule has 1 fully saturated rings. The molecule has 1 aromatic rings. The van der Waals surface area contributed by atoms with Crippen LogP contribution in [0.1, 0.15) is 25.7 Å². The Balaban J connectivity index is 1.77. The van der Waals surface area contributed by atoms with Crippen LogP contribution in [0.3, 0.4) is 0 Å². The average molecular weight is 236 g/mol. The molecule has 0 saturated heterocycles. The second-order valence-electron chi connectivity index (χ2n) is 4.64. The van der Waals surface area contributed by atoms with Gasteiger partial charge in [0.15, 0.2) is 0 Å². The molecule has 0 spiro atoms. The van der Waals surface area contributed by atoms with Gasteiger partial charge in [-0.05, 0) is 43.7 Å². The zero-order chi connectivity index (χ0) is 12.1. The Labute approximate surface area is 102 Å². The Kier molecular flexibility index (Phi) is 4.20.